The fourth-order valence-corrected chi connectivity index (χ4v) is 2.32. The second-order valence-corrected chi connectivity index (χ2v) is 5.11. The van der Waals surface area contributed by atoms with E-state index in [1.165, 1.54) is 11.8 Å². The molecule has 0 atom stereocenters. The van der Waals surface area contributed by atoms with Crippen LogP contribution in [0.2, 0.25) is 0 Å². The summed E-state index contributed by atoms with van der Waals surface area (Å²) < 4.78 is 0. The summed E-state index contributed by atoms with van der Waals surface area (Å²) in [5, 5.41) is 3.76. The van der Waals surface area contributed by atoms with Crippen LogP contribution in [-0.4, -0.2) is 33.6 Å². The first-order valence-electron chi connectivity index (χ1n) is 6.27. The van der Waals surface area contributed by atoms with Crippen molar-refractivity contribution in [2.24, 2.45) is 16.8 Å². The number of H-pyrrole nitrogens is 1. The van der Waals surface area contributed by atoms with Crippen LogP contribution in [0.3, 0.4) is 0 Å². The van der Waals surface area contributed by atoms with Crippen LogP contribution in [0.15, 0.2) is 45.4 Å². The number of aromatic amines is 1. The van der Waals surface area contributed by atoms with Crippen molar-refractivity contribution >= 4 is 29.2 Å². The average molecular weight is 320 g/mol. The Balaban J connectivity index is 2.22. The van der Waals surface area contributed by atoms with Crippen LogP contribution in [-0.2, 0) is 0 Å². The van der Waals surface area contributed by atoms with Gasteiger partial charge in [-0.3, -0.25) is 4.98 Å². The lowest BCUT2D eigenvalue weighted by atomic mass is 10.3. The largest absolute Gasteiger partial charge is 0.350 e. The molecule has 0 aliphatic carbocycles. The van der Waals surface area contributed by atoms with Gasteiger partial charge in [0.2, 0.25) is 5.95 Å². The molecule has 0 saturated heterocycles. The zero-order chi connectivity index (χ0) is 15.9. The van der Waals surface area contributed by atoms with E-state index in [2.05, 4.69) is 25.5 Å². The monoisotopic (exact) mass is 320 g/mol. The molecule has 1 heterocycles. The topological polar surface area (TPSA) is 138 Å². The third kappa shape index (κ3) is 3.96. The molecule has 0 unspecified atom stereocenters. The summed E-state index contributed by atoms with van der Waals surface area (Å²) in [7, 11) is 1.80. The van der Waals surface area contributed by atoms with Gasteiger partial charge in [0.1, 0.15) is 5.84 Å². The van der Waals surface area contributed by atoms with Gasteiger partial charge in [0.25, 0.3) is 0 Å². The number of thioether (sulfide) groups is 1. The number of benzene rings is 1. The molecule has 0 saturated carbocycles. The molecule has 0 fully saturated rings. The molecule has 6 N–H and O–H groups in total. The highest BCUT2D eigenvalue weighted by Crippen LogP contribution is 2.20. The Morgan fingerprint density at radius 1 is 1.41 bits per heavy atom. The van der Waals surface area contributed by atoms with Crippen LogP contribution < -0.4 is 27.7 Å². The Morgan fingerprint density at radius 3 is 2.77 bits per heavy atom. The predicted octanol–water partition coefficient (Wildman–Crippen LogP) is -0.240. The normalized spacial score (nSPS) is 11.3. The number of rotatable bonds is 5. The van der Waals surface area contributed by atoms with Crippen molar-refractivity contribution < 1.29 is 0 Å². The van der Waals surface area contributed by atoms with E-state index < -0.39 is 5.69 Å². The number of nitrogens with one attached hydrogen (secondary N) is 2. The van der Waals surface area contributed by atoms with Gasteiger partial charge in [-0.2, -0.15) is 15.1 Å². The smallest absolute Gasteiger partial charge is 0.322 e. The zero-order valence-corrected chi connectivity index (χ0v) is 12.7. The van der Waals surface area contributed by atoms with Crippen LogP contribution in [0, 0.1) is 0 Å². The van der Waals surface area contributed by atoms with E-state index in [-0.39, 0.29) is 0 Å². The van der Waals surface area contributed by atoms with Gasteiger partial charge in [-0.05, 0) is 12.1 Å². The summed E-state index contributed by atoms with van der Waals surface area (Å²) in [6.07, 6.45) is 0. The van der Waals surface area contributed by atoms with Gasteiger partial charge in [0.15, 0.2) is 5.16 Å². The molecular formula is C12H16N8OS. The molecule has 1 aromatic carbocycles. The van der Waals surface area contributed by atoms with Crippen LogP contribution in [0.4, 0.5) is 11.6 Å². The summed E-state index contributed by atoms with van der Waals surface area (Å²) in [5.74, 6) is 11.5. The summed E-state index contributed by atoms with van der Waals surface area (Å²) in [4.78, 5) is 24.2. The van der Waals surface area contributed by atoms with Gasteiger partial charge in [-0.15, -0.1) is 0 Å². The number of para-hydroxylation sites is 1. The van der Waals surface area contributed by atoms with Gasteiger partial charge in [-0.25, -0.2) is 10.6 Å². The van der Waals surface area contributed by atoms with E-state index in [0.29, 0.717) is 22.7 Å². The van der Waals surface area contributed by atoms with E-state index in [9.17, 15) is 4.79 Å². The maximum atomic E-state index is 11.7. The van der Waals surface area contributed by atoms with Crippen LogP contribution in [0.1, 0.15) is 0 Å². The highest BCUT2D eigenvalue weighted by Gasteiger charge is 2.10. The van der Waals surface area contributed by atoms with E-state index in [4.69, 9.17) is 11.7 Å². The minimum Gasteiger partial charge on any atom is -0.322 e. The highest BCUT2D eigenvalue weighted by molar-refractivity contribution is 7.99. The van der Waals surface area contributed by atoms with Crippen molar-refractivity contribution in [2.45, 2.75) is 5.16 Å². The molecule has 0 radical (unpaired) electrons. The maximum Gasteiger partial charge on any atom is 0.350 e. The molecule has 10 heteroatoms. The van der Waals surface area contributed by atoms with E-state index in [0.717, 1.165) is 5.69 Å². The number of nitrogens with two attached hydrogens (primary N) is 2. The number of nitrogens with zero attached hydrogens (tertiary/aromatic N) is 4. The molecule has 0 spiro atoms. The first-order chi connectivity index (χ1) is 10.6. The van der Waals surface area contributed by atoms with E-state index in [1.807, 2.05) is 30.3 Å². The molecule has 2 rings (SSSR count). The highest BCUT2D eigenvalue weighted by atomic mass is 32.2. The van der Waals surface area contributed by atoms with Gasteiger partial charge in [0.05, 0.1) is 5.75 Å². The zero-order valence-electron chi connectivity index (χ0n) is 11.9. The lowest BCUT2D eigenvalue weighted by molar-refractivity contribution is 0.844. The van der Waals surface area contributed by atoms with Crippen molar-refractivity contribution in [1.29, 1.82) is 0 Å². The second-order valence-electron chi connectivity index (χ2n) is 4.16. The Labute approximate surface area is 130 Å². The first kappa shape index (κ1) is 15.8. The first-order valence-corrected chi connectivity index (χ1v) is 7.26. The Morgan fingerprint density at radius 2 is 2.14 bits per heavy atom. The van der Waals surface area contributed by atoms with Crippen LogP contribution >= 0.6 is 11.8 Å². The fourth-order valence-electron chi connectivity index (χ4n) is 1.60. The molecule has 1 aromatic heterocycles. The SMILES string of the molecule is CN(c1ccccc1)c1nc(SC/C(=N/N)NN)nc(=O)[nH]1. The number of hydrogen-bond acceptors (Lipinski definition) is 8. The van der Waals surface area contributed by atoms with Gasteiger partial charge < -0.3 is 16.2 Å². The predicted molar refractivity (Wildman–Crippen MR) is 86.8 cm³/mol. The lowest BCUT2D eigenvalue weighted by Gasteiger charge is -2.17. The average Bonchev–Trinajstić information content (AvgIpc) is 2.55. The summed E-state index contributed by atoms with van der Waals surface area (Å²) in [5.41, 5.74) is 2.76. The summed E-state index contributed by atoms with van der Waals surface area (Å²) >= 11 is 1.20. The number of hydrazine groups is 1. The van der Waals surface area contributed by atoms with Crippen molar-refractivity contribution in [3.63, 3.8) is 0 Å². The molecule has 0 aliphatic rings. The Hall–Kier alpha value is -2.59. The maximum absolute atomic E-state index is 11.7. The standard InChI is InChI=1S/C12H16N8OS/c1-20(8-5-3-2-4-6-8)10-15-11(21)17-12(16-10)22-7-9(18-13)19-14/h2-6H,7,13-14H2,1H3,(H,18,19)(H,15,16,17,21). The van der Waals surface area contributed by atoms with Gasteiger partial charge >= 0.3 is 5.69 Å². The number of hydrazone groups is 1. The van der Waals surface area contributed by atoms with Crippen molar-refractivity contribution in [3.8, 4) is 0 Å². The number of aromatic nitrogens is 3. The summed E-state index contributed by atoms with van der Waals surface area (Å²) in [6, 6.07) is 9.53. The molecule has 0 aliphatic heterocycles. The summed E-state index contributed by atoms with van der Waals surface area (Å²) in [6.45, 7) is 0. The fraction of sp³-hybridized carbons (Fsp3) is 0.167. The van der Waals surface area contributed by atoms with Crippen molar-refractivity contribution in [3.05, 3.63) is 40.8 Å². The third-order valence-electron chi connectivity index (χ3n) is 2.74. The minimum atomic E-state index is -0.484. The second kappa shape index (κ2) is 7.43. The van der Waals surface area contributed by atoms with Crippen molar-refractivity contribution in [2.75, 3.05) is 17.7 Å². The molecule has 2 aromatic rings. The van der Waals surface area contributed by atoms with E-state index in [1.54, 1.807) is 11.9 Å². The van der Waals surface area contributed by atoms with Crippen molar-refractivity contribution in [1.82, 2.24) is 20.4 Å². The van der Waals surface area contributed by atoms with Gasteiger partial charge in [0, 0.05) is 12.7 Å². The lowest BCUT2D eigenvalue weighted by Crippen LogP contribution is -2.33. The molecule has 9 nitrogen and oxygen atoms in total. The number of anilines is 2. The van der Waals surface area contributed by atoms with Crippen LogP contribution in [0.5, 0.6) is 0 Å². The molecule has 22 heavy (non-hydrogen) atoms. The van der Waals surface area contributed by atoms with Gasteiger partial charge in [-0.1, -0.05) is 30.0 Å². The Kier molecular flexibility index (Phi) is 5.33. The Bertz CT molecular complexity index is 702. The molecule has 0 bridgehead atoms. The molecule has 0 amide bonds. The van der Waals surface area contributed by atoms with Crippen LogP contribution in [0.25, 0.3) is 0 Å². The minimum absolute atomic E-state index is 0.304. The molecule has 116 valence electrons. The van der Waals surface area contributed by atoms with E-state index >= 15 is 0 Å². The quantitative estimate of drug-likeness (QED) is 0.195. The number of hydrogen-bond donors (Lipinski definition) is 4. The number of amidine groups is 1. The molecular weight excluding hydrogens is 304 g/mol. The third-order valence-corrected chi connectivity index (χ3v) is 3.60.